The van der Waals surface area contributed by atoms with E-state index in [1.54, 1.807) is 12.1 Å². The first-order valence-corrected chi connectivity index (χ1v) is 8.03. The zero-order valence-corrected chi connectivity index (χ0v) is 14.2. The number of aromatic nitrogens is 4. The third kappa shape index (κ3) is 3.16. The monoisotopic (exact) mass is 358 g/mol. The van der Waals surface area contributed by atoms with E-state index >= 15 is 0 Å². The fourth-order valence-corrected chi connectivity index (χ4v) is 2.72. The summed E-state index contributed by atoms with van der Waals surface area (Å²) in [6.45, 7) is 5.40. The molecule has 0 atom stereocenters. The molecule has 0 aliphatic carbocycles. The lowest BCUT2D eigenvalue weighted by Gasteiger charge is -2.22. The molecule has 0 fully saturated rings. The van der Waals surface area contributed by atoms with Crippen LogP contribution in [-0.4, -0.2) is 44.3 Å². The highest BCUT2D eigenvalue weighted by Crippen LogP contribution is 2.32. The highest BCUT2D eigenvalue weighted by molar-refractivity contribution is 5.91. The van der Waals surface area contributed by atoms with Crippen LogP contribution in [0.25, 0.3) is 11.0 Å². The highest BCUT2D eigenvalue weighted by Gasteiger charge is 2.12. The van der Waals surface area contributed by atoms with Gasteiger partial charge < -0.3 is 20.0 Å². The van der Waals surface area contributed by atoms with Crippen molar-refractivity contribution in [1.29, 1.82) is 0 Å². The molecule has 0 amide bonds. The van der Waals surface area contributed by atoms with Gasteiger partial charge >= 0.3 is 11.4 Å². The molecule has 3 rings (SSSR count). The van der Waals surface area contributed by atoms with Gasteiger partial charge in [-0.1, -0.05) is 0 Å². The Hall–Kier alpha value is -3.56. The van der Waals surface area contributed by atoms with E-state index in [-0.39, 0.29) is 11.3 Å². The molecule has 26 heavy (non-hydrogen) atoms. The van der Waals surface area contributed by atoms with Crippen LogP contribution in [0.4, 0.5) is 11.4 Å². The summed E-state index contributed by atoms with van der Waals surface area (Å²) in [5.74, 6) is -0.567. The van der Waals surface area contributed by atoms with Gasteiger partial charge in [0, 0.05) is 19.3 Å². The number of nitrogens with zero attached hydrogens (tertiary/aromatic N) is 2. The van der Waals surface area contributed by atoms with Gasteiger partial charge in [-0.25, -0.2) is 9.59 Å². The number of rotatable bonds is 5. The molecule has 0 aliphatic heterocycles. The second kappa shape index (κ2) is 6.75. The van der Waals surface area contributed by atoms with Gasteiger partial charge in [0.05, 0.1) is 22.4 Å². The zero-order chi connectivity index (χ0) is 18.8. The summed E-state index contributed by atoms with van der Waals surface area (Å²) in [4.78, 5) is 50.4. The molecular formula is C16H18N6O4. The van der Waals surface area contributed by atoms with E-state index in [4.69, 9.17) is 0 Å². The molecule has 0 radical (unpaired) electrons. The quantitative estimate of drug-likeness (QED) is 0.422. The predicted molar refractivity (Wildman–Crippen MR) is 99.1 cm³/mol. The van der Waals surface area contributed by atoms with Crippen molar-refractivity contribution in [3.05, 3.63) is 49.0 Å². The number of aromatic hydroxyl groups is 1. The van der Waals surface area contributed by atoms with Gasteiger partial charge in [0.1, 0.15) is 5.56 Å². The molecule has 10 heteroatoms. The highest BCUT2D eigenvalue weighted by atomic mass is 16.3. The van der Waals surface area contributed by atoms with Crippen molar-refractivity contribution in [2.24, 2.45) is 4.99 Å². The third-order valence-corrected chi connectivity index (χ3v) is 4.01. The molecule has 0 aliphatic rings. The SMILES string of the molecule is CCN(CC)c1cc2[nH]c(=O)[nH]c2cc1N=Cc1c(O)[nH]c(=O)[nH]c1=O. The van der Waals surface area contributed by atoms with E-state index in [0.29, 0.717) is 29.8 Å². The largest absolute Gasteiger partial charge is 0.494 e. The van der Waals surface area contributed by atoms with Gasteiger partial charge in [-0.3, -0.25) is 19.8 Å². The van der Waals surface area contributed by atoms with Gasteiger partial charge in [0.15, 0.2) is 0 Å². The normalized spacial score (nSPS) is 11.5. The number of benzene rings is 1. The second-order valence-electron chi connectivity index (χ2n) is 5.57. The van der Waals surface area contributed by atoms with E-state index in [0.717, 1.165) is 5.69 Å². The molecule has 1 aromatic carbocycles. The summed E-state index contributed by atoms with van der Waals surface area (Å²) >= 11 is 0. The molecule has 136 valence electrons. The summed E-state index contributed by atoms with van der Waals surface area (Å²) in [5, 5.41) is 9.77. The molecule has 0 saturated heterocycles. The van der Waals surface area contributed by atoms with Crippen molar-refractivity contribution in [3.8, 4) is 5.88 Å². The maximum absolute atomic E-state index is 11.8. The van der Waals surface area contributed by atoms with Crippen LogP contribution in [-0.2, 0) is 0 Å². The third-order valence-electron chi connectivity index (χ3n) is 4.01. The zero-order valence-electron chi connectivity index (χ0n) is 14.2. The van der Waals surface area contributed by atoms with Gasteiger partial charge in [-0.05, 0) is 26.0 Å². The predicted octanol–water partition coefficient (Wildman–Crippen LogP) is 0.535. The molecular weight excluding hydrogens is 340 g/mol. The standard InChI is InChI=1S/C16H18N6O4/c1-3-22(4-2)12-6-10-9(18-15(25)19-10)5-11(12)17-7-8-13(23)20-16(26)21-14(8)24/h5-7H,3-4H2,1-2H3,(H2,18,19,25)(H3,20,21,23,24,26). The summed E-state index contributed by atoms with van der Waals surface area (Å²) < 4.78 is 0. The van der Waals surface area contributed by atoms with Crippen LogP contribution >= 0.6 is 0 Å². The molecule has 0 bridgehead atoms. The Bertz CT molecular complexity index is 1150. The minimum atomic E-state index is -0.806. The summed E-state index contributed by atoms with van der Waals surface area (Å²) in [7, 11) is 0. The van der Waals surface area contributed by atoms with Crippen molar-refractivity contribution in [3.63, 3.8) is 0 Å². The van der Waals surface area contributed by atoms with Crippen LogP contribution in [0.5, 0.6) is 5.88 Å². The van der Waals surface area contributed by atoms with E-state index in [2.05, 4.69) is 19.9 Å². The Morgan fingerprint density at radius 1 is 1.00 bits per heavy atom. The second-order valence-corrected chi connectivity index (χ2v) is 5.57. The molecule has 5 N–H and O–H groups in total. The molecule has 3 aromatic rings. The first kappa shape index (κ1) is 17.3. The lowest BCUT2D eigenvalue weighted by Crippen LogP contribution is -2.25. The van der Waals surface area contributed by atoms with Crippen molar-refractivity contribution in [1.82, 2.24) is 19.9 Å². The number of hydrogen-bond donors (Lipinski definition) is 5. The number of imidazole rings is 1. The van der Waals surface area contributed by atoms with Gasteiger partial charge in [-0.2, -0.15) is 0 Å². The minimum Gasteiger partial charge on any atom is -0.494 e. The number of H-pyrrole nitrogens is 4. The molecule has 0 spiro atoms. The fourth-order valence-electron chi connectivity index (χ4n) is 2.72. The van der Waals surface area contributed by atoms with E-state index < -0.39 is 17.1 Å². The number of aliphatic imine (C=N–C) groups is 1. The average molecular weight is 358 g/mol. The minimum absolute atomic E-state index is 0.169. The van der Waals surface area contributed by atoms with Crippen molar-refractivity contribution >= 4 is 28.6 Å². The number of anilines is 1. The number of hydrogen-bond acceptors (Lipinski definition) is 6. The molecule has 0 saturated carbocycles. The summed E-state index contributed by atoms with van der Waals surface area (Å²) in [6, 6.07) is 3.47. The Morgan fingerprint density at radius 2 is 1.62 bits per heavy atom. The number of nitrogens with one attached hydrogen (secondary N) is 4. The van der Waals surface area contributed by atoms with Crippen molar-refractivity contribution in [2.75, 3.05) is 18.0 Å². The smallest absolute Gasteiger partial charge is 0.328 e. The summed E-state index contributed by atoms with van der Waals surface area (Å²) in [6.07, 6.45) is 1.17. The lowest BCUT2D eigenvalue weighted by molar-refractivity contribution is 0.447. The average Bonchev–Trinajstić information content (AvgIpc) is 2.93. The Labute approximate surface area is 146 Å². The molecule has 10 nitrogen and oxygen atoms in total. The van der Waals surface area contributed by atoms with Crippen LogP contribution in [0, 0.1) is 0 Å². The van der Waals surface area contributed by atoms with E-state index in [1.165, 1.54) is 6.21 Å². The van der Waals surface area contributed by atoms with Crippen LogP contribution < -0.4 is 21.8 Å². The van der Waals surface area contributed by atoms with Crippen molar-refractivity contribution in [2.45, 2.75) is 13.8 Å². The molecule has 0 unspecified atom stereocenters. The number of fused-ring (bicyclic) bond motifs is 1. The van der Waals surface area contributed by atoms with E-state index in [1.807, 2.05) is 23.7 Å². The first-order valence-electron chi connectivity index (χ1n) is 8.03. The lowest BCUT2D eigenvalue weighted by atomic mass is 10.2. The van der Waals surface area contributed by atoms with Crippen LogP contribution in [0.15, 0.2) is 31.5 Å². The van der Waals surface area contributed by atoms with Gasteiger partial charge in [-0.15, -0.1) is 0 Å². The summed E-state index contributed by atoms with van der Waals surface area (Å²) in [5.41, 5.74) is 0.406. The van der Waals surface area contributed by atoms with Crippen LogP contribution in [0.1, 0.15) is 19.4 Å². The Balaban J connectivity index is 2.17. The first-order chi connectivity index (χ1) is 12.4. The Morgan fingerprint density at radius 3 is 2.23 bits per heavy atom. The van der Waals surface area contributed by atoms with Gasteiger partial charge in [0.25, 0.3) is 5.56 Å². The van der Waals surface area contributed by atoms with Gasteiger partial charge in [0.2, 0.25) is 5.88 Å². The number of aromatic amines is 4. The van der Waals surface area contributed by atoms with Crippen LogP contribution in [0.2, 0.25) is 0 Å². The van der Waals surface area contributed by atoms with E-state index in [9.17, 15) is 19.5 Å². The maximum atomic E-state index is 11.8. The molecule has 2 heterocycles. The topological polar surface area (TPSA) is 150 Å². The van der Waals surface area contributed by atoms with Crippen LogP contribution in [0.3, 0.4) is 0 Å². The van der Waals surface area contributed by atoms with Crippen molar-refractivity contribution < 1.29 is 5.11 Å². The fraction of sp³-hybridized carbons (Fsp3) is 0.250. The maximum Gasteiger partial charge on any atom is 0.328 e. The molecule has 2 aromatic heterocycles. The Kier molecular flexibility index (Phi) is 4.48.